The topological polar surface area (TPSA) is 67.6 Å². The van der Waals surface area contributed by atoms with Crippen molar-refractivity contribution >= 4 is 5.91 Å². The van der Waals surface area contributed by atoms with Crippen molar-refractivity contribution in [3.8, 4) is 11.4 Å². The van der Waals surface area contributed by atoms with E-state index in [1.165, 1.54) is 0 Å². The molecule has 1 aromatic heterocycles. The second-order valence-electron chi connectivity index (χ2n) is 7.56. The lowest BCUT2D eigenvalue weighted by molar-refractivity contribution is -0.250. The van der Waals surface area contributed by atoms with Gasteiger partial charge in [0.15, 0.2) is 0 Å². The van der Waals surface area contributed by atoms with Gasteiger partial charge in [0.2, 0.25) is 5.60 Å². The third kappa shape index (κ3) is 3.96. The molecular formula is C20H24F3N3O3. The Balaban J connectivity index is 1.77. The summed E-state index contributed by atoms with van der Waals surface area (Å²) in [5, 5.41) is 14.1. The Kier molecular flexibility index (Phi) is 5.62. The number of nitrogens with zero attached hydrogens (tertiary/aromatic N) is 3. The number of carbonyl (C=O) groups excluding carboxylic acids is 1. The number of halogens is 3. The van der Waals surface area contributed by atoms with Crippen molar-refractivity contribution in [2.45, 2.75) is 38.0 Å². The van der Waals surface area contributed by atoms with Gasteiger partial charge in [-0.2, -0.15) is 18.3 Å². The molecule has 29 heavy (non-hydrogen) atoms. The summed E-state index contributed by atoms with van der Waals surface area (Å²) in [4.78, 5) is 13.4. The predicted molar refractivity (Wildman–Crippen MR) is 99.9 cm³/mol. The molecule has 1 aliphatic heterocycles. The minimum absolute atomic E-state index is 0.0134. The summed E-state index contributed by atoms with van der Waals surface area (Å²) < 4.78 is 46.0. The Labute approximate surface area is 166 Å². The average molecular weight is 411 g/mol. The first-order valence-electron chi connectivity index (χ1n) is 9.33. The number of alkyl halides is 3. The molecule has 0 spiro atoms. The van der Waals surface area contributed by atoms with Gasteiger partial charge in [0.25, 0.3) is 5.91 Å². The van der Waals surface area contributed by atoms with Crippen LogP contribution in [0.25, 0.3) is 5.69 Å². The van der Waals surface area contributed by atoms with Crippen molar-refractivity contribution in [1.29, 1.82) is 0 Å². The molecule has 1 N–H and O–H groups in total. The molecule has 2 heterocycles. The summed E-state index contributed by atoms with van der Waals surface area (Å²) in [5.74, 6) is -0.678. The highest BCUT2D eigenvalue weighted by Crippen LogP contribution is 2.37. The number of ether oxygens (including phenoxy) is 1. The van der Waals surface area contributed by atoms with Gasteiger partial charge in [0.1, 0.15) is 5.75 Å². The Morgan fingerprint density at radius 2 is 1.90 bits per heavy atom. The van der Waals surface area contributed by atoms with E-state index in [4.69, 9.17) is 4.74 Å². The maximum absolute atomic E-state index is 13.0. The quantitative estimate of drug-likeness (QED) is 0.840. The standard InChI is InChI=1S/C20H24F3N3O3/c1-13-12-25(18(27)19(2,28)20(21,22)23)11-9-16(13)17-8-10-24-26(17)14-4-6-15(29-3)7-5-14/h4-8,10,13,16,28H,9,11-12H2,1-3H3. The van der Waals surface area contributed by atoms with Crippen LogP contribution >= 0.6 is 0 Å². The summed E-state index contributed by atoms with van der Waals surface area (Å²) >= 11 is 0. The van der Waals surface area contributed by atoms with Gasteiger partial charge in [-0.05, 0) is 49.6 Å². The lowest BCUT2D eigenvalue weighted by Gasteiger charge is -2.40. The molecule has 1 aromatic carbocycles. The fourth-order valence-electron chi connectivity index (χ4n) is 3.73. The van der Waals surface area contributed by atoms with Crippen molar-refractivity contribution in [2.24, 2.45) is 5.92 Å². The van der Waals surface area contributed by atoms with E-state index in [-0.39, 0.29) is 24.9 Å². The Morgan fingerprint density at radius 1 is 1.24 bits per heavy atom. The molecule has 9 heteroatoms. The minimum Gasteiger partial charge on any atom is -0.497 e. The van der Waals surface area contributed by atoms with E-state index >= 15 is 0 Å². The largest absolute Gasteiger partial charge is 0.497 e. The Morgan fingerprint density at radius 3 is 2.45 bits per heavy atom. The monoisotopic (exact) mass is 411 g/mol. The van der Waals surface area contributed by atoms with Crippen LogP contribution in [0.3, 0.4) is 0 Å². The highest BCUT2D eigenvalue weighted by molar-refractivity contribution is 5.85. The number of hydrogen-bond donors (Lipinski definition) is 1. The normalized spacial score (nSPS) is 22.2. The van der Waals surface area contributed by atoms with E-state index in [9.17, 15) is 23.1 Å². The van der Waals surface area contributed by atoms with Crippen molar-refractivity contribution in [3.63, 3.8) is 0 Å². The van der Waals surface area contributed by atoms with Crippen LogP contribution in [0.15, 0.2) is 36.5 Å². The van der Waals surface area contributed by atoms with Crippen LogP contribution in [0, 0.1) is 5.92 Å². The van der Waals surface area contributed by atoms with E-state index in [2.05, 4.69) is 5.10 Å². The zero-order chi connectivity index (χ0) is 21.4. The van der Waals surface area contributed by atoms with Crippen LogP contribution < -0.4 is 4.74 Å². The van der Waals surface area contributed by atoms with Crippen LogP contribution in [0.5, 0.6) is 5.75 Å². The first-order valence-corrected chi connectivity index (χ1v) is 9.33. The Hall–Kier alpha value is -2.55. The molecule has 1 aliphatic rings. The summed E-state index contributed by atoms with van der Waals surface area (Å²) in [6, 6.07) is 9.28. The van der Waals surface area contributed by atoms with E-state index < -0.39 is 17.7 Å². The molecule has 3 rings (SSSR count). The van der Waals surface area contributed by atoms with Crippen molar-refractivity contribution in [1.82, 2.24) is 14.7 Å². The number of carbonyl (C=O) groups is 1. The van der Waals surface area contributed by atoms with Gasteiger partial charge in [-0.1, -0.05) is 6.92 Å². The molecule has 6 nitrogen and oxygen atoms in total. The van der Waals surface area contributed by atoms with E-state index in [1.54, 1.807) is 18.0 Å². The molecular weight excluding hydrogens is 387 g/mol. The zero-order valence-corrected chi connectivity index (χ0v) is 16.5. The number of rotatable bonds is 4. The zero-order valence-electron chi connectivity index (χ0n) is 16.5. The smallest absolute Gasteiger partial charge is 0.426 e. The van der Waals surface area contributed by atoms with Gasteiger partial charge >= 0.3 is 6.18 Å². The molecule has 0 bridgehead atoms. The summed E-state index contributed by atoms with van der Waals surface area (Å²) in [5.41, 5.74) is -1.61. The number of likely N-dealkylation sites (tertiary alicyclic amines) is 1. The number of benzene rings is 1. The van der Waals surface area contributed by atoms with Gasteiger partial charge in [0.05, 0.1) is 12.8 Å². The van der Waals surface area contributed by atoms with Crippen LogP contribution in [0.4, 0.5) is 13.2 Å². The fraction of sp³-hybridized carbons (Fsp3) is 0.500. The maximum atomic E-state index is 13.0. The number of methoxy groups -OCH3 is 1. The third-order valence-corrected chi connectivity index (χ3v) is 5.53. The van der Waals surface area contributed by atoms with E-state index in [0.29, 0.717) is 13.3 Å². The number of aromatic nitrogens is 2. The number of amides is 1. The van der Waals surface area contributed by atoms with Crippen molar-refractivity contribution in [2.75, 3.05) is 20.2 Å². The van der Waals surface area contributed by atoms with Crippen LogP contribution in [-0.4, -0.2) is 57.7 Å². The highest BCUT2D eigenvalue weighted by atomic mass is 19.4. The predicted octanol–water partition coefficient (Wildman–Crippen LogP) is 3.15. The summed E-state index contributed by atoms with van der Waals surface area (Å²) in [7, 11) is 1.58. The first kappa shape index (κ1) is 21.2. The van der Waals surface area contributed by atoms with Gasteiger partial charge in [-0.3, -0.25) is 4.79 Å². The minimum atomic E-state index is -5.02. The molecule has 158 valence electrons. The van der Waals surface area contributed by atoms with E-state index in [0.717, 1.165) is 22.0 Å². The van der Waals surface area contributed by atoms with Gasteiger partial charge in [0, 0.05) is 30.9 Å². The summed E-state index contributed by atoms with van der Waals surface area (Å²) in [6.07, 6.45) is -2.86. The van der Waals surface area contributed by atoms with Gasteiger partial charge < -0.3 is 14.7 Å². The van der Waals surface area contributed by atoms with Crippen LogP contribution in [0.2, 0.25) is 0 Å². The second-order valence-corrected chi connectivity index (χ2v) is 7.56. The average Bonchev–Trinajstić information content (AvgIpc) is 3.16. The fourth-order valence-corrected chi connectivity index (χ4v) is 3.73. The molecule has 3 unspecified atom stereocenters. The molecule has 2 aromatic rings. The summed E-state index contributed by atoms with van der Waals surface area (Å²) in [6.45, 7) is 2.65. The van der Waals surface area contributed by atoms with Gasteiger partial charge in [-0.25, -0.2) is 4.68 Å². The molecule has 1 saturated heterocycles. The molecule has 0 radical (unpaired) electrons. The maximum Gasteiger partial charge on any atom is 0.426 e. The van der Waals surface area contributed by atoms with Crippen molar-refractivity contribution in [3.05, 3.63) is 42.2 Å². The van der Waals surface area contributed by atoms with Crippen LogP contribution in [-0.2, 0) is 4.79 Å². The van der Waals surface area contributed by atoms with Crippen molar-refractivity contribution < 1.29 is 27.8 Å². The van der Waals surface area contributed by atoms with E-state index in [1.807, 2.05) is 37.3 Å². The van der Waals surface area contributed by atoms with Crippen LogP contribution in [0.1, 0.15) is 31.9 Å². The number of aliphatic hydroxyl groups is 1. The molecule has 0 saturated carbocycles. The SMILES string of the molecule is COc1ccc(-n2nccc2C2CCN(C(=O)C(C)(O)C(F)(F)F)CC2C)cc1. The third-order valence-electron chi connectivity index (χ3n) is 5.53. The molecule has 1 amide bonds. The lowest BCUT2D eigenvalue weighted by Crippen LogP contribution is -2.58. The molecule has 1 fully saturated rings. The number of hydrogen-bond acceptors (Lipinski definition) is 4. The highest BCUT2D eigenvalue weighted by Gasteiger charge is 2.57. The van der Waals surface area contributed by atoms with Gasteiger partial charge in [-0.15, -0.1) is 0 Å². The molecule has 0 aliphatic carbocycles. The lowest BCUT2D eigenvalue weighted by atomic mass is 9.83. The first-order chi connectivity index (χ1) is 13.6. The number of piperidine rings is 1. The second kappa shape index (κ2) is 7.70. The molecule has 3 atom stereocenters. The Bertz CT molecular complexity index is 862.